The van der Waals surface area contributed by atoms with Crippen molar-refractivity contribution in [3.05, 3.63) is 66.6 Å². The van der Waals surface area contributed by atoms with Gasteiger partial charge in [0.25, 0.3) is 0 Å². The molecule has 6 nitrogen and oxygen atoms in total. The highest BCUT2D eigenvalue weighted by atomic mass is 16.6. The summed E-state index contributed by atoms with van der Waals surface area (Å²) in [6.07, 6.45) is 1.12. The Morgan fingerprint density at radius 1 is 1.09 bits per heavy atom. The molecule has 0 bridgehead atoms. The van der Waals surface area contributed by atoms with Crippen LogP contribution in [-0.2, 0) is 11.3 Å². The summed E-state index contributed by atoms with van der Waals surface area (Å²) in [6, 6.07) is 16.3. The zero-order valence-corrected chi connectivity index (χ0v) is 11.6. The van der Waals surface area contributed by atoms with Crippen molar-refractivity contribution in [2.24, 2.45) is 0 Å². The van der Waals surface area contributed by atoms with Crippen LogP contribution in [0.1, 0.15) is 5.76 Å². The summed E-state index contributed by atoms with van der Waals surface area (Å²) in [5, 5.41) is 6.51. The molecular weight excluding hydrogens is 282 g/mol. The van der Waals surface area contributed by atoms with Crippen LogP contribution in [0.25, 0.3) is 11.4 Å². The normalized spacial score (nSPS) is 10.2. The first-order valence-corrected chi connectivity index (χ1v) is 6.67. The molecule has 0 radical (unpaired) electrons. The van der Waals surface area contributed by atoms with Gasteiger partial charge in [-0.25, -0.2) is 4.79 Å². The van der Waals surface area contributed by atoms with Gasteiger partial charge in [0.2, 0.25) is 0 Å². The number of para-hydroxylation sites is 1. The van der Waals surface area contributed by atoms with Gasteiger partial charge in [0.1, 0.15) is 5.69 Å². The zero-order chi connectivity index (χ0) is 15.2. The summed E-state index contributed by atoms with van der Waals surface area (Å²) >= 11 is 0. The maximum absolute atomic E-state index is 11.7. The van der Waals surface area contributed by atoms with E-state index in [9.17, 15) is 4.79 Å². The van der Waals surface area contributed by atoms with Crippen molar-refractivity contribution < 1.29 is 14.1 Å². The Morgan fingerprint density at radius 3 is 2.68 bits per heavy atom. The fraction of sp³-hybridized carbons (Fsp3) is 0.0625. The van der Waals surface area contributed by atoms with Crippen molar-refractivity contribution in [3.63, 3.8) is 0 Å². The SMILES string of the molecule is O=C(Nc1ccccc1)OCc1cc(-c2ccccn2)no1. The number of ether oxygens (including phenoxy) is 1. The molecule has 0 aliphatic heterocycles. The van der Waals surface area contributed by atoms with Gasteiger partial charge in [-0.15, -0.1) is 0 Å². The van der Waals surface area contributed by atoms with Gasteiger partial charge < -0.3 is 9.26 Å². The Labute approximate surface area is 126 Å². The van der Waals surface area contributed by atoms with Crippen molar-refractivity contribution >= 4 is 11.8 Å². The molecule has 0 fully saturated rings. The summed E-state index contributed by atoms with van der Waals surface area (Å²) in [4.78, 5) is 15.8. The molecule has 6 heteroatoms. The fourth-order valence-corrected chi connectivity index (χ4v) is 1.83. The Hall–Kier alpha value is -3.15. The van der Waals surface area contributed by atoms with Gasteiger partial charge in [0.05, 0.1) is 5.69 Å². The van der Waals surface area contributed by atoms with Crippen molar-refractivity contribution in [1.82, 2.24) is 10.1 Å². The van der Waals surface area contributed by atoms with E-state index in [1.54, 1.807) is 24.4 Å². The van der Waals surface area contributed by atoms with Gasteiger partial charge in [-0.05, 0) is 24.3 Å². The second kappa shape index (κ2) is 6.53. The summed E-state index contributed by atoms with van der Waals surface area (Å²) < 4.78 is 10.2. The van der Waals surface area contributed by atoms with Gasteiger partial charge in [-0.2, -0.15) is 0 Å². The topological polar surface area (TPSA) is 77.2 Å². The lowest BCUT2D eigenvalue weighted by Gasteiger charge is -2.04. The zero-order valence-electron chi connectivity index (χ0n) is 11.6. The van der Waals surface area contributed by atoms with E-state index in [4.69, 9.17) is 9.26 Å². The third-order valence-corrected chi connectivity index (χ3v) is 2.85. The number of hydrogen-bond acceptors (Lipinski definition) is 5. The minimum atomic E-state index is -0.554. The molecule has 1 N–H and O–H groups in total. The first kappa shape index (κ1) is 13.8. The number of nitrogens with one attached hydrogen (secondary N) is 1. The lowest BCUT2D eigenvalue weighted by molar-refractivity contribution is 0.142. The first-order chi connectivity index (χ1) is 10.8. The van der Waals surface area contributed by atoms with E-state index in [-0.39, 0.29) is 6.61 Å². The predicted octanol–water partition coefficient (Wildman–Crippen LogP) is 3.49. The summed E-state index contributed by atoms with van der Waals surface area (Å²) in [5.74, 6) is 0.448. The number of aromatic nitrogens is 2. The second-order valence-corrected chi connectivity index (χ2v) is 4.46. The number of carbonyl (C=O) groups is 1. The highest BCUT2D eigenvalue weighted by Gasteiger charge is 2.10. The first-order valence-electron chi connectivity index (χ1n) is 6.67. The molecule has 0 unspecified atom stereocenters. The Balaban J connectivity index is 1.56. The monoisotopic (exact) mass is 295 g/mol. The van der Waals surface area contributed by atoms with Crippen LogP contribution in [0, 0.1) is 0 Å². The number of carbonyl (C=O) groups excluding carboxylic acids is 1. The number of benzene rings is 1. The molecule has 3 aromatic rings. The van der Waals surface area contributed by atoms with E-state index >= 15 is 0 Å². The highest BCUT2D eigenvalue weighted by Crippen LogP contribution is 2.16. The number of rotatable bonds is 4. The molecule has 1 amide bonds. The number of pyridine rings is 1. The fourth-order valence-electron chi connectivity index (χ4n) is 1.83. The average molecular weight is 295 g/mol. The summed E-state index contributed by atoms with van der Waals surface area (Å²) in [6.45, 7) is -0.00149. The van der Waals surface area contributed by atoms with Crippen LogP contribution in [0.2, 0.25) is 0 Å². The molecule has 110 valence electrons. The average Bonchev–Trinajstić information content (AvgIpc) is 3.04. The summed E-state index contributed by atoms with van der Waals surface area (Å²) in [7, 11) is 0. The third kappa shape index (κ3) is 3.49. The van der Waals surface area contributed by atoms with Crippen LogP contribution >= 0.6 is 0 Å². The van der Waals surface area contributed by atoms with Crippen LogP contribution in [0.15, 0.2) is 65.3 Å². The number of amides is 1. The quantitative estimate of drug-likeness (QED) is 0.797. The lowest BCUT2D eigenvalue weighted by atomic mass is 10.2. The third-order valence-electron chi connectivity index (χ3n) is 2.85. The molecule has 0 spiro atoms. The molecule has 0 saturated heterocycles. The molecule has 22 heavy (non-hydrogen) atoms. The maximum Gasteiger partial charge on any atom is 0.412 e. The smallest absolute Gasteiger partial charge is 0.412 e. The van der Waals surface area contributed by atoms with Crippen molar-refractivity contribution in [2.75, 3.05) is 5.32 Å². The van der Waals surface area contributed by atoms with Crippen molar-refractivity contribution in [2.45, 2.75) is 6.61 Å². The molecule has 0 atom stereocenters. The van der Waals surface area contributed by atoms with Crippen LogP contribution in [0.3, 0.4) is 0 Å². The standard InChI is InChI=1S/C16H13N3O3/c20-16(18-12-6-2-1-3-7-12)21-11-13-10-15(19-22-13)14-8-4-5-9-17-14/h1-10H,11H2,(H,18,20). The van der Waals surface area contributed by atoms with E-state index in [1.807, 2.05) is 36.4 Å². The largest absolute Gasteiger partial charge is 0.441 e. The molecule has 2 aromatic heterocycles. The van der Waals surface area contributed by atoms with E-state index in [1.165, 1.54) is 0 Å². The highest BCUT2D eigenvalue weighted by molar-refractivity contribution is 5.84. The Morgan fingerprint density at radius 2 is 1.91 bits per heavy atom. The lowest BCUT2D eigenvalue weighted by Crippen LogP contribution is -2.13. The minimum Gasteiger partial charge on any atom is -0.441 e. The summed E-state index contributed by atoms with van der Waals surface area (Å²) in [5.41, 5.74) is 1.97. The van der Waals surface area contributed by atoms with Crippen molar-refractivity contribution in [1.29, 1.82) is 0 Å². The molecule has 0 saturated carbocycles. The van der Waals surface area contributed by atoms with E-state index in [2.05, 4.69) is 15.5 Å². The molecular formula is C16H13N3O3. The van der Waals surface area contributed by atoms with Crippen molar-refractivity contribution in [3.8, 4) is 11.4 Å². The van der Waals surface area contributed by atoms with Gasteiger partial charge in [0.15, 0.2) is 12.4 Å². The van der Waals surface area contributed by atoms with Gasteiger partial charge in [-0.3, -0.25) is 10.3 Å². The van der Waals surface area contributed by atoms with Crippen LogP contribution in [0.5, 0.6) is 0 Å². The number of nitrogens with zero attached hydrogens (tertiary/aromatic N) is 2. The molecule has 1 aromatic carbocycles. The minimum absolute atomic E-state index is 0.00149. The van der Waals surface area contributed by atoms with E-state index in [0.29, 0.717) is 22.8 Å². The second-order valence-electron chi connectivity index (χ2n) is 4.46. The van der Waals surface area contributed by atoms with Crippen LogP contribution in [-0.4, -0.2) is 16.2 Å². The number of hydrogen-bond donors (Lipinski definition) is 1. The molecule has 0 aliphatic rings. The van der Waals surface area contributed by atoms with Crippen LogP contribution in [0.4, 0.5) is 10.5 Å². The Bertz CT molecular complexity index is 742. The van der Waals surface area contributed by atoms with Crippen LogP contribution < -0.4 is 5.32 Å². The Kier molecular flexibility index (Phi) is 4.10. The number of anilines is 1. The maximum atomic E-state index is 11.7. The van der Waals surface area contributed by atoms with Gasteiger partial charge in [-0.1, -0.05) is 29.4 Å². The molecule has 0 aliphatic carbocycles. The molecule has 3 rings (SSSR count). The van der Waals surface area contributed by atoms with E-state index in [0.717, 1.165) is 0 Å². The predicted molar refractivity (Wildman–Crippen MR) is 80.0 cm³/mol. The molecule has 2 heterocycles. The van der Waals surface area contributed by atoms with Gasteiger partial charge >= 0.3 is 6.09 Å². The van der Waals surface area contributed by atoms with Gasteiger partial charge in [0, 0.05) is 18.0 Å². The van der Waals surface area contributed by atoms with E-state index < -0.39 is 6.09 Å².